The molecule has 128 valence electrons. The smallest absolute Gasteiger partial charge is 0.276 e. The summed E-state index contributed by atoms with van der Waals surface area (Å²) in [7, 11) is 0. The van der Waals surface area contributed by atoms with E-state index in [1.165, 1.54) is 12.4 Å². The van der Waals surface area contributed by atoms with Crippen molar-refractivity contribution in [3.8, 4) is 11.9 Å². The zero-order valence-electron chi connectivity index (χ0n) is 13.6. The fourth-order valence-corrected chi connectivity index (χ4v) is 3.36. The van der Waals surface area contributed by atoms with E-state index in [1.54, 1.807) is 4.90 Å². The van der Waals surface area contributed by atoms with Gasteiger partial charge in [-0.15, -0.1) is 0 Å². The molecule has 0 unspecified atom stereocenters. The summed E-state index contributed by atoms with van der Waals surface area (Å²) in [6.45, 7) is 1.01. The molecule has 1 aliphatic carbocycles. The molecule has 2 aromatic heterocycles. The average Bonchev–Trinajstić information content (AvgIpc) is 3.28. The van der Waals surface area contributed by atoms with E-state index >= 15 is 0 Å². The third-order valence-electron chi connectivity index (χ3n) is 4.63. The highest BCUT2D eigenvalue weighted by Gasteiger charge is 2.33. The third kappa shape index (κ3) is 2.93. The lowest BCUT2D eigenvalue weighted by molar-refractivity contribution is 0.0760. The minimum atomic E-state index is -0.213. The van der Waals surface area contributed by atoms with Crippen molar-refractivity contribution in [1.82, 2.24) is 20.0 Å². The van der Waals surface area contributed by atoms with Gasteiger partial charge in [-0.3, -0.25) is 4.79 Å². The van der Waals surface area contributed by atoms with Crippen LogP contribution in [0.2, 0.25) is 0 Å². The van der Waals surface area contributed by atoms with Crippen LogP contribution in [-0.2, 0) is 12.8 Å². The van der Waals surface area contributed by atoms with Crippen molar-refractivity contribution in [2.45, 2.75) is 38.2 Å². The van der Waals surface area contributed by atoms with E-state index in [0.717, 1.165) is 37.0 Å². The Balaban J connectivity index is 1.45. The molecule has 1 fully saturated rings. The van der Waals surface area contributed by atoms with E-state index in [1.807, 2.05) is 6.07 Å². The summed E-state index contributed by atoms with van der Waals surface area (Å²) in [5.74, 6) is 0.945. The van der Waals surface area contributed by atoms with Gasteiger partial charge in [0.1, 0.15) is 17.9 Å². The predicted octanol–water partition coefficient (Wildman–Crippen LogP) is 1.51. The first-order chi connectivity index (χ1) is 12.3. The van der Waals surface area contributed by atoms with Gasteiger partial charge in [-0.1, -0.05) is 5.16 Å². The Morgan fingerprint density at radius 2 is 2.16 bits per heavy atom. The summed E-state index contributed by atoms with van der Waals surface area (Å²) in [6, 6.07) is 1.96. The maximum absolute atomic E-state index is 12.8. The summed E-state index contributed by atoms with van der Waals surface area (Å²) in [4.78, 5) is 22.5. The van der Waals surface area contributed by atoms with Gasteiger partial charge in [0.25, 0.3) is 11.8 Å². The molecule has 0 N–H and O–H groups in total. The Labute approximate surface area is 144 Å². The van der Waals surface area contributed by atoms with Crippen LogP contribution in [-0.4, -0.2) is 45.1 Å². The number of likely N-dealkylation sites (tertiary alicyclic amines) is 1. The number of aryl methyl sites for hydroxylation is 1. The Morgan fingerprint density at radius 1 is 1.32 bits per heavy atom. The molecule has 25 heavy (non-hydrogen) atoms. The minimum absolute atomic E-state index is 0.113. The van der Waals surface area contributed by atoms with Gasteiger partial charge in [0.05, 0.1) is 6.54 Å². The third-order valence-corrected chi connectivity index (χ3v) is 4.63. The van der Waals surface area contributed by atoms with Gasteiger partial charge in [0.2, 0.25) is 5.69 Å². The molecule has 8 nitrogen and oxygen atoms in total. The highest BCUT2D eigenvalue weighted by molar-refractivity contribution is 5.94. The van der Waals surface area contributed by atoms with Crippen LogP contribution in [0.5, 0.6) is 5.88 Å². The normalized spacial score (nSPS) is 19.3. The molecule has 2 aliphatic rings. The van der Waals surface area contributed by atoms with Crippen LogP contribution < -0.4 is 4.74 Å². The fraction of sp³-hybridized carbons (Fsp3) is 0.471. The van der Waals surface area contributed by atoms with E-state index in [0.29, 0.717) is 25.2 Å². The van der Waals surface area contributed by atoms with Crippen molar-refractivity contribution in [2.24, 2.45) is 0 Å². The van der Waals surface area contributed by atoms with Gasteiger partial charge in [-0.05, 0) is 19.3 Å². The second-order valence-electron chi connectivity index (χ2n) is 6.24. The van der Waals surface area contributed by atoms with Crippen LogP contribution in [0.4, 0.5) is 0 Å². The zero-order valence-corrected chi connectivity index (χ0v) is 13.6. The molecule has 1 atom stereocenters. The number of carbonyl (C=O) groups excluding carboxylic acids is 1. The standard InChI is InChI=1S/C17H17N5O3/c18-9-13-16(20-7-6-19-13)24-11-5-8-22(10-11)17(23)15-12-3-1-2-4-14(12)25-21-15/h6-7,11H,1-5,8,10H2/t11-/m1/s1. The van der Waals surface area contributed by atoms with Crippen molar-refractivity contribution in [3.05, 3.63) is 35.1 Å². The highest BCUT2D eigenvalue weighted by Crippen LogP contribution is 2.26. The number of rotatable bonds is 3. The van der Waals surface area contributed by atoms with Gasteiger partial charge in [-0.25, -0.2) is 9.97 Å². The molecule has 0 radical (unpaired) electrons. The highest BCUT2D eigenvalue weighted by atomic mass is 16.5. The number of nitriles is 1. The Kier molecular flexibility index (Phi) is 4.06. The minimum Gasteiger partial charge on any atom is -0.470 e. The van der Waals surface area contributed by atoms with Crippen molar-refractivity contribution in [3.63, 3.8) is 0 Å². The number of fused-ring (bicyclic) bond motifs is 1. The topological polar surface area (TPSA) is 105 Å². The van der Waals surface area contributed by atoms with Crippen molar-refractivity contribution >= 4 is 5.91 Å². The SMILES string of the molecule is N#Cc1nccnc1O[C@@H]1CCN(C(=O)c2noc3c2CCCC3)C1. The molecule has 0 bridgehead atoms. The number of hydrogen-bond donors (Lipinski definition) is 0. The summed E-state index contributed by atoms with van der Waals surface area (Å²) < 4.78 is 11.1. The molecule has 1 aliphatic heterocycles. The van der Waals surface area contributed by atoms with Gasteiger partial charge >= 0.3 is 0 Å². The number of amides is 1. The summed E-state index contributed by atoms with van der Waals surface area (Å²) >= 11 is 0. The maximum Gasteiger partial charge on any atom is 0.276 e. The van der Waals surface area contributed by atoms with E-state index in [-0.39, 0.29) is 23.6 Å². The number of ether oxygens (including phenoxy) is 1. The van der Waals surface area contributed by atoms with E-state index in [2.05, 4.69) is 15.1 Å². The molecule has 2 aromatic rings. The van der Waals surface area contributed by atoms with E-state index < -0.39 is 0 Å². The van der Waals surface area contributed by atoms with Gasteiger partial charge in [0, 0.05) is 37.3 Å². The lowest BCUT2D eigenvalue weighted by Gasteiger charge is -2.17. The fourth-order valence-electron chi connectivity index (χ4n) is 3.36. The van der Waals surface area contributed by atoms with Crippen molar-refractivity contribution < 1.29 is 14.1 Å². The predicted molar refractivity (Wildman–Crippen MR) is 84.8 cm³/mol. The lowest BCUT2D eigenvalue weighted by atomic mass is 9.96. The van der Waals surface area contributed by atoms with Crippen LogP contribution in [0, 0.1) is 11.3 Å². The second kappa shape index (κ2) is 6.51. The van der Waals surface area contributed by atoms with Crippen LogP contribution in [0.3, 0.4) is 0 Å². The number of hydrogen-bond acceptors (Lipinski definition) is 7. The first-order valence-corrected chi connectivity index (χ1v) is 8.40. The van der Waals surface area contributed by atoms with Crippen LogP contribution in [0.1, 0.15) is 46.8 Å². The molecule has 3 heterocycles. The maximum atomic E-state index is 12.8. The Bertz CT molecular complexity index is 841. The quantitative estimate of drug-likeness (QED) is 0.834. The Hall–Kier alpha value is -2.95. The zero-order chi connectivity index (χ0) is 17.2. The molecule has 0 spiro atoms. The molecule has 8 heteroatoms. The number of nitrogens with zero attached hydrogens (tertiary/aromatic N) is 5. The summed E-state index contributed by atoms with van der Waals surface area (Å²) in [6.07, 6.45) is 7.23. The summed E-state index contributed by atoms with van der Waals surface area (Å²) in [5, 5.41) is 13.1. The molecular formula is C17H17N5O3. The number of carbonyl (C=O) groups is 1. The van der Waals surface area contributed by atoms with Crippen LogP contribution >= 0.6 is 0 Å². The molecule has 0 saturated carbocycles. The van der Waals surface area contributed by atoms with Gasteiger partial charge in [0.15, 0.2) is 5.69 Å². The van der Waals surface area contributed by atoms with Crippen LogP contribution in [0.25, 0.3) is 0 Å². The van der Waals surface area contributed by atoms with E-state index in [9.17, 15) is 4.79 Å². The molecule has 1 saturated heterocycles. The number of aromatic nitrogens is 3. The first-order valence-electron chi connectivity index (χ1n) is 8.40. The molecule has 4 rings (SSSR count). The first kappa shape index (κ1) is 15.6. The molecule has 0 aromatic carbocycles. The second-order valence-corrected chi connectivity index (χ2v) is 6.24. The molecular weight excluding hydrogens is 322 g/mol. The largest absolute Gasteiger partial charge is 0.470 e. The van der Waals surface area contributed by atoms with Gasteiger partial charge < -0.3 is 14.2 Å². The van der Waals surface area contributed by atoms with Crippen LogP contribution in [0.15, 0.2) is 16.9 Å². The van der Waals surface area contributed by atoms with Gasteiger partial charge in [-0.2, -0.15) is 5.26 Å². The van der Waals surface area contributed by atoms with Crippen molar-refractivity contribution in [1.29, 1.82) is 5.26 Å². The monoisotopic (exact) mass is 339 g/mol. The van der Waals surface area contributed by atoms with E-state index in [4.69, 9.17) is 14.5 Å². The van der Waals surface area contributed by atoms with Crippen molar-refractivity contribution in [2.75, 3.05) is 13.1 Å². The average molecular weight is 339 g/mol. The molecule has 1 amide bonds. The summed E-state index contributed by atoms with van der Waals surface area (Å²) in [5.41, 5.74) is 1.55. The Morgan fingerprint density at radius 3 is 3.04 bits per heavy atom. The lowest BCUT2D eigenvalue weighted by Crippen LogP contribution is -2.32.